The zero-order chi connectivity index (χ0) is 17.6. The van der Waals surface area contributed by atoms with Crippen LogP contribution in [-0.2, 0) is 14.3 Å². The van der Waals surface area contributed by atoms with Crippen molar-refractivity contribution >= 4 is 35.1 Å². The average molecular weight is 377 g/mol. The molecule has 1 rings (SSSR count). The summed E-state index contributed by atoms with van der Waals surface area (Å²) in [4.78, 5) is 22.6. The van der Waals surface area contributed by atoms with E-state index in [-0.39, 0.29) is 15.8 Å². The van der Waals surface area contributed by atoms with Gasteiger partial charge in [0.05, 0.1) is 12.8 Å². The smallest absolute Gasteiger partial charge is 0.340 e. The molecule has 1 aromatic rings. The van der Waals surface area contributed by atoms with Crippen LogP contribution in [0.15, 0.2) is 18.2 Å². The summed E-state index contributed by atoms with van der Waals surface area (Å²) in [5, 5.41) is 0.433. The van der Waals surface area contributed by atoms with Gasteiger partial charge in [-0.05, 0) is 18.2 Å². The van der Waals surface area contributed by atoms with Crippen LogP contribution in [0.25, 0.3) is 0 Å². The summed E-state index contributed by atoms with van der Waals surface area (Å²) in [5.41, 5.74) is 0. The Morgan fingerprint density at radius 2 is 1.57 bits per heavy atom. The molecule has 0 radical (unpaired) electrons. The van der Waals surface area contributed by atoms with E-state index < -0.39 is 43.7 Å². The highest BCUT2D eigenvalue weighted by atomic mass is 35.5. The summed E-state index contributed by atoms with van der Waals surface area (Å²) < 4.78 is 57.6. The maximum Gasteiger partial charge on any atom is 0.340 e. The molecule has 0 unspecified atom stereocenters. The summed E-state index contributed by atoms with van der Waals surface area (Å²) in [6.07, 6.45) is -5.05. The van der Waals surface area contributed by atoms with Crippen LogP contribution in [0.3, 0.4) is 0 Å². The van der Waals surface area contributed by atoms with Gasteiger partial charge in [-0.15, -0.1) is 0 Å². The molecular weight excluding hydrogens is 367 g/mol. The molecule has 1 aromatic carbocycles. The number of carbonyl (C=O) groups excluding carboxylic acids is 2. The van der Waals surface area contributed by atoms with E-state index in [9.17, 15) is 27.2 Å². The molecule has 128 valence electrons. The fraction of sp³-hybridized carbons (Fsp3) is 0.385. The molecule has 10 heteroatoms. The zero-order valence-corrected chi connectivity index (χ0v) is 12.8. The lowest BCUT2D eigenvalue weighted by atomic mass is 10.3. The van der Waals surface area contributed by atoms with Crippen LogP contribution in [-0.4, -0.2) is 30.9 Å². The Labute approximate surface area is 138 Å². The monoisotopic (exact) mass is 376 g/mol. The molecule has 0 aromatic heterocycles. The summed E-state index contributed by atoms with van der Waals surface area (Å²) in [6, 6.07) is 4.00. The maximum atomic E-state index is 12.5. The van der Waals surface area contributed by atoms with Crippen LogP contribution in [0.4, 0.5) is 17.6 Å². The first-order chi connectivity index (χ1) is 10.6. The molecule has 0 N–H and O–H groups in total. The third-order valence-electron chi connectivity index (χ3n) is 2.35. The van der Waals surface area contributed by atoms with Gasteiger partial charge in [0.15, 0.2) is 6.61 Å². The second-order valence-corrected chi connectivity index (χ2v) is 5.17. The molecule has 0 heterocycles. The van der Waals surface area contributed by atoms with Gasteiger partial charge in [0, 0.05) is 10.0 Å². The fourth-order valence-electron chi connectivity index (χ4n) is 1.29. The molecule has 0 saturated heterocycles. The van der Waals surface area contributed by atoms with E-state index in [1.54, 1.807) is 0 Å². The Morgan fingerprint density at radius 1 is 1.04 bits per heavy atom. The van der Waals surface area contributed by atoms with Gasteiger partial charge in [-0.1, -0.05) is 23.2 Å². The van der Waals surface area contributed by atoms with E-state index in [1.807, 2.05) is 0 Å². The minimum Gasteiger partial charge on any atom is -0.459 e. The van der Waals surface area contributed by atoms with E-state index in [0.717, 1.165) is 0 Å². The van der Waals surface area contributed by atoms with E-state index in [4.69, 9.17) is 27.9 Å². The van der Waals surface area contributed by atoms with Crippen molar-refractivity contribution in [3.05, 3.63) is 28.2 Å². The third-order valence-corrected chi connectivity index (χ3v) is 2.78. The summed E-state index contributed by atoms with van der Waals surface area (Å²) in [5.74, 6) is -6.51. The number of alkyl halides is 4. The first kappa shape index (κ1) is 19.5. The molecule has 0 saturated carbocycles. The molecule has 0 spiro atoms. The van der Waals surface area contributed by atoms with Crippen LogP contribution < -0.4 is 4.74 Å². The molecule has 23 heavy (non-hydrogen) atoms. The van der Waals surface area contributed by atoms with Gasteiger partial charge < -0.3 is 9.47 Å². The second-order valence-electron chi connectivity index (χ2n) is 4.30. The molecule has 0 aliphatic rings. The SMILES string of the molecule is O=C(CCC(=O)Oc1cc(Cl)cc(Cl)c1)OCC(F)(F)C(F)F. The van der Waals surface area contributed by atoms with Gasteiger partial charge >= 0.3 is 24.3 Å². The lowest BCUT2D eigenvalue weighted by molar-refractivity contribution is -0.180. The zero-order valence-electron chi connectivity index (χ0n) is 11.3. The van der Waals surface area contributed by atoms with Gasteiger partial charge in [-0.2, -0.15) is 8.78 Å². The highest BCUT2D eigenvalue weighted by Crippen LogP contribution is 2.25. The minimum atomic E-state index is -4.44. The van der Waals surface area contributed by atoms with E-state index in [1.165, 1.54) is 18.2 Å². The van der Waals surface area contributed by atoms with Gasteiger partial charge in [0.25, 0.3) is 0 Å². The second kappa shape index (κ2) is 8.35. The fourth-order valence-corrected chi connectivity index (χ4v) is 1.79. The molecule has 0 aliphatic carbocycles. The van der Waals surface area contributed by atoms with Crippen molar-refractivity contribution in [1.82, 2.24) is 0 Å². The van der Waals surface area contributed by atoms with Crippen LogP contribution in [0.1, 0.15) is 12.8 Å². The van der Waals surface area contributed by atoms with Crippen LogP contribution in [0, 0.1) is 0 Å². The molecule has 0 amide bonds. The van der Waals surface area contributed by atoms with Crippen molar-refractivity contribution in [3.63, 3.8) is 0 Å². The first-order valence-corrected chi connectivity index (χ1v) is 6.84. The number of benzene rings is 1. The third kappa shape index (κ3) is 7.04. The molecule has 4 nitrogen and oxygen atoms in total. The summed E-state index contributed by atoms with van der Waals surface area (Å²) in [7, 11) is 0. The molecule has 0 aliphatic heterocycles. The molecule has 0 fully saturated rings. The molecular formula is C13H10Cl2F4O4. The number of esters is 2. The highest BCUT2D eigenvalue weighted by Gasteiger charge is 2.42. The van der Waals surface area contributed by atoms with Crippen LogP contribution >= 0.6 is 23.2 Å². The number of ether oxygens (including phenoxy) is 2. The van der Waals surface area contributed by atoms with Crippen molar-refractivity contribution < 1.29 is 36.6 Å². The lowest BCUT2D eigenvalue weighted by Gasteiger charge is -2.14. The minimum absolute atomic E-state index is 0.0325. The summed E-state index contributed by atoms with van der Waals surface area (Å²) >= 11 is 11.4. The Morgan fingerprint density at radius 3 is 2.09 bits per heavy atom. The molecule has 0 bridgehead atoms. The Bertz CT molecular complexity index is 561. The van der Waals surface area contributed by atoms with Crippen molar-refractivity contribution in [2.45, 2.75) is 25.2 Å². The predicted molar refractivity (Wildman–Crippen MR) is 73.2 cm³/mol. The Balaban J connectivity index is 2.39. The lowest BCUT2D eigenvalue weighted by Crippen LogP contribution is -2.33. The van der Waals surface area contributed by atoms with Gasteiger partial charge in [-0.25, -0.2) is 8.78 Å². The Kier molecular flexibility index (Phi) is 7.08. The number of halogens is 6. The molecule has 0 atom stereocenters. The standard InChI is InChI=1S/C13H10Cl2F4O4/c14-7-3-8(15)5-9(4-7)23-11(21)2-1-10(20)22-6-13(18,19)12(16)17/h3-5,12H,1-2,6H2. The largest absolute Gasteiger partial charge is 0.459 e. The predicted octanol–water partition coefficient (Wildman–Crippen LogP) is 4.12. The van der Waals surface area contributed by atoms with Crippen molar-refractivity contribution in [3.8, 4) is 5.75 Å². The van der Waals surface area contributed by atoms with E-state index >= 15 is 0 Å². The summed E-state index contributed by atoms with van der Waals surface area (Å²) in [6.45, 7) is -1.76. The number of hydrogen-bond acceptors (Lipinski definition) is 4. The topological polar surface area (TPSA) is 52.6 Å². The van der Waals surface area contributed by atoms with Crippen LogP contribution in [0.5, 0.6) is 5.75 Å². The Hall–Kier alpha value is -1.54. The quantitative estimate of drug-likeness (QED) is 0.408. The first-order valence-electron chi connectivity index (χ1n) is 6.08. The number of carbonyl (C=O) groups is 2. The average Bonchev–Trinajstić information content (AvgIpc) is 2.41. The van der Waals surface area contributed by atoms with Crippen LogP contribution in [0.2, 0.25) is 10.0 Å². The van der Waals surface area contributed by atoms with E-state index in [0.29, 0.717) is 0 Å². The van der Waals surface area contributed by atoms with Gasteiger partial charge in [0.2, 0.25) is 0 Å². The van der Waals surface area contributed by atoms with Gasteiger partial charge in [-0.3, -0.25) is 9.59 Å². The van der Waals surface area contributed by atoms with Crippen molar-refractivity contribution in [1.29, 1.82) is 0 Å². The van der Waals surface area contributed by atoms with Crippen molar-refractivity contribution in [2.75, 3.05) is 6.61 Å². The number of hydrogen-bond donors (Lipinski definition) is 0. The van der Waals surface area contributed by atoms with Crippen molar-refractivity contribution in [2.24, 2.45) is 0 Å². The van der Waals surface area contributed by atoms with E-state index in [2.05, 4.69) is 4.74 Å². The maximum absolute atomic E-state index is 12.5. The number of rotatable bonds is 7. The normalized spacial score (nSPS) is 11.4. The highest BCUT2D eigenvalue weighted by molar-refractivity contribution is 6.34. The van der Waals surface area contributed by atoms with Gasteiger partial charge in [0.1, 0.15) is 5.75 Å².